The van der Waals surface area contributed by atoms with Crippen LogP contribution in [0.1, 0.15) is 11.6 Å². The van der Waals surface area contributed by atoms with Gasteiger partial charge in [-0.15, -0.1) is 0 Å². The summed E-state index contributed by atoms with van der Waals surface area (Å²) < 4.78 is 10.8. The van der Waals surface area contributed by atoms with Gasteiger partial charge in [-0.05, 0) is 22.0 Å². The molecule has 0 atom stereocenters. The molecule has 0 saturated carbocycles. The number of aromatic nitrogens is 2. The van der Waals surface area contributed by atoms with Crippen molar-refractivity contribution in [3.63, 3.8) is 0 Å². The molecule has 0 aromatic carbocycles. The monoisotopic (exact) mass is 271 g/mol. The molecule has 0 unspecified atom stereocenters. The Morgan fingerprint density at radius 1 is 1.47 bits per heavy atom. The summed E-state index contributed by atoms with van der Waals surface area (Å²) in [5.41, 5.74) is 0. The Hall–Kier alpha value is -1.14. The standard InChI is InChI=1S/C9H10BrN3O2/c10-7-2-4-14-8(7)5-11-3-1-9-12-6-15-13-9/h2,4,6,11H,1,3,5H2. The second-order valence-corrected chi connectivity index (χ2v) is 3.82. The second-order valence-electron chi connectivity index (χ2n) is 2.97. The first kappa shape index (κ1) is 10.4. The van der Waals surface area contributed by atoms with Crippen LogP contribution in [0, 0.1) is 0 Å². The Kier molecular flexibility index (Phi) is 3.52. The van der Waals surface area contributed by atoms with Crippen LogP contribution in [0.15, 0.2) is 32.1 Å². The summed E-state index contributed by atoms with van der Waals surface area (Å²) in [5, 5.41) is 6.93. The van der Waals surface area contributed by atoms with Crippen molar-refractivity contribution in [1.82, 2.24) is 15.5 Å². The van der Waals surface area contributed by atoms with Crippen molar-refractivity contribution in [2.24, 2.45) is 0 Å². The lowest BCUT2D eigenvalue weighted by Gasteiger charge is -2.00. The minimum absolute atomic E-state index is 0.686. The third kappa shape index (κ3) is 2.90. The fourth-order valence-electron chi connectivity index (χ4n) is 1.16. The highest BCUT2D eigenvalue weighted by Crippen LogP contribution is 2.16. The van der Waals surface area contributed by atoms with E-state index in [0.717, 1.165) is 23.2 Å². The Balaban J connectivity index is 1.70. The van der Waals surface area contributed by atoms with Gasteiger partial charge < -0.3 is 14.3 Å². The molecule has 15 heavy (non-hydrogen) atoms. The van der Waals surface area contributed by atoms with E-state index in [0.29, 0.717) is 12.4 Å². The van der Waals surface area contributed by atoms with Crippen molar-refractivity contribution < 1.29 is 8.94 Å². The van der Waals surface area contributed by atoms with Crippen LogP contribution >= 0.6 is 15.9 Å². The molecule has 0 saturated heterocycles. The predicted molar refractivity (Wildman–Crippen MR) is 56.1 cm³/mol. The minimum atomic E-state index is 0.686. The Morgan fingerprint density at radius 3 is 3.07 bits per heavy atom. The number of hydrogen-bond donors (Lipinski definition) is 1. The zero-order chi connectivity index (χ0) is 10.5. The fraction of sp³-hybridized carbons (Fsp3) is 0.333. The first-order chi connectivity index (χ1) is 7.36. The average Bonchev–Trinajstić information content (AvgIpc) is 2.85. The molecule has 6 heteroatoms. The van der Waals surface area contributed by atoms with Gasteiger partial charge in [0.05, 0.1) is 17.3 Å². The van der Waals surface area contributed by atoms with E-state index in [2.05, 4.69) is 35.9 Å². The van der Waals surface area contributed by atoms with E-state index in [1.165, 1.54) is 6.39 Å². The van der Waals surface area contributed by atoms with Crippen molar-refractivity contribution in [3.8, 4) is 0 Å². The highest BCUT2D eigenvalue weighted by Gasteiger charge is 2.02. The van der Waals surface area contributed by atoms with Crippen molar-refractivity contribution in [1.29, 1.82) is 0 Å². The molecular weight excluding hydrogens is 262 g/mol. The van der Waals surface area contributed by atoms with Crippen LogP contribution in [0.5, 0.6) is 0 Å². The third-order valence-corrected chi connectivity index (χ3v) is 2.62. The largest absolute Gasteiger partial charge is 0.467 e. The molecule has 2 aromatic heterocycles. The summed E-state index contributed by atoms with van der Waals surface area (Å²) in [6.45, 7) is 1.47. The van der Waals surface area contributed by atoms with Gasteiger partial charge in [0.25, 0.3) is 0 Å². The quantitative estimate of drug-likeness (QED) is 0.840. The first-order valence-corrected chi connectivity index (χ1v) is 5.33. The summed E-state index contributed by atoms with van der Waals surface area (Å²) in [6.07, 6.45) is 3.73. The maximum Gasteiger partial charge on any atom is 0.213 e. The van der Waals surface area contributed by atoms with E-state index in [4.69, 9.17) is 4.42 Å². The van der Waals surface area contributed by atoms with Crippen LogP contribution in [0.25, 0.3) is 0 Å². The zero-order valence-corrected chi connectivity index (χ0v) is 9.53. The molecule has 0 bridgehead atoms. The summed E-state index contributed by atoms with van der Waals surface area (Å²) in [7, 11) is 0. The smallest absolute Gasteiger partial charge is 0.213 e. The maximum atomic E-state index is 5.24. The van der Waals surface area contributed by atoms with Gasteiger partial charge in [0.2, 0.25) is 6.39 Å². The third-order valence-electron chi connectivity index (χ3n) is 1.91. The summed E-state index contributed by atoms with van der Waals surface area (Å²) >= 11 is 3.38. The summed E-state index contributed by atoms with van der Waals surface area (Å²) in [6, 6.07) is 1.87. The van der Waals surface area contributed by atoms with Gasteiger partial charge in [-0.1, -0.05) is 5.16 Å². The first-order valence-electron chi connectivity index (χ1n) is 4.54. The van der Waals surface area contributed by atoms with E-state index in [-0.39, 0.29) is 0 Å². The number of halogens is 1. The van der Waals surface area contributed by atoms with Crippen molar-refractivity contribution >= 4 is 15.9 Å². The Morgan fingerprint density at radius 2 is 2.40 bits per heavy atom. The number of furan rings is 1. The normalized spacial score (nSPS) is 10.7. The van der Waals surface area contributed by atoms with E-state index in [1.54, 1.807) is 6.26 Å². The molecule has 80 valence electrons. The molecular formula is C9H10BrN3O2. The predicted octanol–water partition coefficient (Wildman–Crippen LogP) is 1.76. The molecule has 2 rings (SSSR count). The van der Waals surface area contributed by atoms with E-state index >= 15 is 0 Å². The number of rotatable bonds is 5. The fourth-order valence-corrected chi connectivity index (χ4v) is 1.50. The highest BCUT2D eigenvalue weighted by atomic mass is 79.9. The number of hydrogen-bond acceptors (Lipinski definition) is 5. The van der Waals surface area contributed by atoms with Gasteiger partial charge in [-0.3, -0.25) is 0 Å². The molecule has 0 fully saturated rings. The zero-order valence-electron chi connectivity index (χ0n) is 7.94. The van der Waals surface area contributed by atoms with Crippen LogP contribution in [0.2, 0.25) is 0 Å². The van der Waals surface area contributed by atoms with E-state index in [1.807, 2.05) is 6.07 Å². The SMILES string of the molecule is Brc1ccoc1CNCCc1ncon1. The number of nitrogens with zero attached hydrogens (tertiary/aromatic N) is 2. The van der Waals surface area contributed by atoms with Gasteiger partial charge in [0, 0.05) is 13.0 Å². The van der Waals surface area contributed by atoms with Crippen LogP contribution < -0.4 is 5.32 Å². The molecule has 2 heterocycles. The molecule has 5 nitrogen and oxygen atoms in total. The summed E-state index contributed by atoms with van der Waals surface area (Å²) in [4.78, 5) is 3.92. The number of nitrogens with one attached hydrogen (secondary N) is 1. The molecule has 0 aliphatic carbocycles. The van der Waals surface area contributed by atoms with Gasteiger partial charge in [0.1, 0.15) is 5.76 Å². The molecule has 0 aliphatic heterocycles. The average molecular weight is 272 g/mol. The van der Waals surface area contributed by atoms with Crippen LogP contribution in [-0.4, -0.2) is 16.7 Å². The van der Waals surface area contributed by atoms with E-state index < -0.39 is 0 Å². The second kappa shape index (κ2) is 5.09. The lowest BCUT2D eigenvalue weighted by atomic mass is 10.4. The van der Waals surface area contributed by atoms with Crippen LogP contribution in [0.4, 0.5) is 0 Å². The molecule has 0 aliphatic rings. The topological polar surface area (TPSA) is 64.1 Å². The Bertz CT molecular complexity index is 399. The molecule has 2 aromatic rings. The van der Waals surface area contributed by atoms with Crippen LogP contribution in [0.3, 0.4) is 0 Å². The van der Waals surface area contributed by atoms with Gasteiger partial charge in [-0.25, -0.2) is 0 Å². The van der Waals surface area contributed by atoms with Crippen molar-refractivity contribution in [2.45, 2.75) is 13.0 Å². The van der Waals surface area contributed by atoms with Crippen LogP contribution in [-0.2, 0) is 13.0 Å². The molecule has 0 spiro atoms. The Labute approximate surface area is 95.0 Å². The van der Waals surface area contributed by atoms with Crippen molar-refractivity contribution in [2.75, 3.05) is 6.54 Å². The minimum Gasteiger partial charge on any atom is -0.467 e. The van der Waals surface area contributed by atoms with E-state index in [9.17, 15) is 0 Å². The molecule has 1 N–H and O–H groups in total. The van der Waals surface area contributed by atoms with Crippen molar-refractivity contribution in [3.05, 3.63) is 34.8 Å². The lowest BCUT2D eigenvalue weighted by molar-refractivity contribution is 0.408. The lowest BCUT2D eigenvalue weighted by Crippen LogP contribution is -2.17. The molecule has 0 amide bonds. The molecule has 0 radical (unpaired) electrons. The summed E-state index contributed by atoms with van der Waals surface area (Å²) in [5.74, 6) is 1.60. The highest BCUT2D eigenvalue weighted by molar-refractivity contribution is 9.10. The van der Waals surface area contributed by atoms with Gasteiger partial charge in [0.15, 0.2) is 5.82 Å². The van der Waals surface area contributed by atoms with Gasteiger partial charge >= 0.3 is 0 Å². The van der Waals surface area contributed by atoms with Gasteiger partial charge in [-0.2, -0.15) is 4.98 Å². The maximum absolute atomic E-state index is 5.24.